The summed E-state index contributed by atoms with van der Waals surface area (Å²) in [7, 11) is 0. The maximum absolute atomic E-state index is 12.1. The molecule has 0 aromatic heterocycles. The van der Waals surface area contributed by atoms with Gasteiger partial charge in [0.05, 0.1) is 0 Å². The molecule has 17 heavy (non-hydrogen) atoms. The SMILES string of the molecule is CC1(C)CCN(C(=O)CC2CCCN2)CC1.Cl. The van der Waals surface area contributed by atoms with Crippen LogP contribution in [-0.2, 0) is 4.79 Å². The van der Waals surface area contributed by atoms with Crippen molar-refractivity contribution in [2.75, 3.05) is 19.6 Å². The summed E-state index contributed by atoms with van der Waals surface area (Å²) in [5.74, 6) is 0.356. The Kier molecular flexibility index (Phi) is 5.26. The fourth-order valence-corrected chi connectivity index (χ4v) is 2.63. The van der Waals surface area contributed by atoms with E-state index >= 15 is 0 Å². The van der Waals surface area contributed by atoms with Gasteiger partial charge in [-0.15, -0.1) is 12.4 Å². The Morgan fingerprint density at radius 1 is 1.35 bits per heavy atom. The lowest BCUT2D eigenvalue weighted by Crippen LogP contribution is -2.43. The first-order chi connectivity index (χ1) is 7.57. The number of nitrogens with zero attached hydrogens (tertiary/aromatic N) is 1. The van der Waals surface area contributed by atoms with Crippen molar-refractivity contribution in [2.45, 2.75) is 52.0 Å². The lowest BCUT2D eigenvalue weighted by atomic mass is 9.82. The van der Waals surface area contributed by atoms with E-state index in [1.165, 1.54) is 12.8 Å². The van der Waals surface area contributed by atoms with Crippen LogP contribution in [0.2, 0.25) is 0 Å². The number of hydrogen-bond donors (Lipinski definition) is 1. The molecule has 1 N–H and O–H groups in total. The molecule has 1 atom stereocenters. The molecule has 2 rings (SSSR count). The molecule has 2 aliphatic heterocycles. The number of nitrogens with one attached hydrogen (secondary N) is 1. The second-order valence-electron chi connectivity index (χ2n) is 6.04. The van der Waals surface area contributed by atoms with Crippen LogP contribution in [0, 0.1) is 5.41 Å². The average molecular weight is 261 g/mol. The van der Waals surface area contributed by atoms with E-state index in [9.17, 15) is 4.79 Å². The first kappa shape index (κ1) is 14.8. The van der Waals surface area contributed by atoms with Crippen LogP contribution in [0.25, 0.3) is 0 Å². The van der Waals surface area contributed by atoms with Crippen LogP contribution < -0.4 is 5.32 Å². The third-order valence-corrected chi connectivity index (χ3v) is 4.05. The maximum Gasteiger partial charge on any atom is 0.224 e. The van der Waals surface area contributed by atoms with Crippen molar-refractivity contribution in [3.05, 3.63) is 0 Å². The van der Waals surface area contributed by atoms with Gasteiger partial charge in [-0.1, -0.05) is 13.8 Å². The number of carbonyl (C=O) groups is 1. The van der Waals surface area contributed by atoms with Crippen LogP contribution in [0.4, 0.5) is 0 Å². The summed E-state index contributed by atoms with van der Waals surface area (Å²) < 4.78 is 0. The standard InChI is InChI=1S/C13H24N2O.ClH/c1-13(2)5-8-15(9-6-13)12(16)10-11-4-3-7-14-11;/h11,14H,3-10H2,1-2H3;1H. The van der Waals surface area contributed by atoms with Crippen LogP contribution >= 0.6 is 12.4 Å². The number of halogens is 1. The highest BCUT2D eigenvalue weighted by Crippen LogP contribution is 2.30. The summed E-state index contributed by atoms with van der Waals surface area (Å²) >= 11 is 0. The molecule has 0 bridgehead atoms. The maximum atomic E-state index is 12.1. The number of amides is 1. The smallest absolute Gasteiger partial charge is 0.224 e. The Morgan fingerprint density at radius 3 is 2.53 bits per heavy atom. The largest absolute Gasteiger partial charge is 0.343 e. The first-order valence-corrected chi connectivity index (χ1v) is 6.58. The summed E-state index contributed by atoms with van der Waals surface area (Å²) in [4.78, 5) is 14.1. The van der Waals surface area contributed by atoms with Gasteiger partial charge in [0.25, 0.3) is 0 Å². The second-order valence-corrected chi connectivity index (χ2v) is 6.04. The molecule has 0 spiro atoms. The normalized spacial score (nSPS) is 27.6. The van der Waals surface area contributed by atoms with Gasteiger partial charge in [-0.2, -0.15) is 0 Å². The molecule has 4 heteroatoms. The zero-order valence-electron chi connectivity index (χ0n) is 11.0. The van der Waals surface area contributed by atoms with Crippen LogP contribution in [0.3, 0.4) is 0 Å². The molecule has 2 heterocycles. The van der Waals surface area contributed by atoms with E-state index in [1.54, 1.807) is 0 Å². The molecule has 0 aromatic rings. The summed E-state index contributed by atoms with van der Waals surface area (Å²) in [5, 5.41) is 3.40. The number of hydrogen-bond acceptors (Lipinski definition) is 2. The van der Waals surface area contributed by atoms with E-state index in [-0.39, 0.29) is 12.4 Å². The van der Waals surface area contributed by atoms with Gasteiger partial charge in [0.2, 0.25) is 5.91 Å². The number of rotatable bonds is 2. The highest BCUT2D eigenvalue weighted by atomic mass is 35.5. The van der Waals surface area contributed by atoms with Crippen LogP contribution in [-0.4, -0.2) is 36.5 Å². The molecule has 2 fully saturated rings. The van der Waals surface area contributed by atoms with Crippen molar-refractivity contribution in [1.29, 1.82) is 0 Å². The molecule has 0 saturated carbocycles. The molecule has 1 amide bonds. The fourth-order valence-electron chi connectivity index (χ4n) is 2.63. The van der Waals surface area contributed by atoms with E-state index in [4.69, 9.17) is 0 Å². The number of likely N-dealkylation sites (tertiary alicyclic amines) is 1. The molecular formula is C13H25ClN2O. The zero-order chi connectivity index (χ0) is 11.6. The Hall–Kier alpha value is -0.280. The van der Waals surface area contributed by atoms with Gasteiger partial charge < -0.3 is 10.2 Å². The third kappa shape index (κ3) is 4.14. The van der Waals surface area contributed by atoms with E-state index < -0.39 is 0 Å². The minimum Gasteiger partial charge on any atom is -0.343 e. The van der Waals surface area contributed by atoms with Crippen molar-refractivity contribution >= 4 is 18.3 Å². The predicted octanol–water partition coefficient (Wildman–Crippen LogP) is 2.20. The second kappa shape index (κ2) is 6.05. The minimum atomic E-state index is 0. The lowest BCUT2D eigenvalue weighted by Gasteiger charge is -2.37. The highest BCUT2D eigenvalue weighted by molar-refractivity contribution is 5.85. The first-order valence-electron chi connectivity index (χ1n) is 6.58. The van der Waals surface area contributed by atoms with Crippen LogP contribution in [0.15, 0.2) is 0 Å². The van der Waals surface area contributed by atoms with Gasteiger partial charge in [-0.25, -0.2) is 0 Å². The lowest BCUT2D eigenvalue weighted by molar-refractivity contribution is -0.133. The molecule has 100 valence electrons. The van der Waals surface area contributed by atoms with Gasteiger partial charge in [-0.05, 0) is 37.6 Å². The third-order valence-electron chi connectivity index (χ3n) is 4.05. The Morgan fingerprint density at radius 2 is 2.00 bits per heavy atom. The van der Waals surface area contributed by atoms with Gasteiger partial charge in [0.1, 0.15) is 0 Å². The van der Waals surface area contributed by atoms with E-state index in [1.807, 2.05) is 0 Å². The monoisotopic (exact) mass is 260 g/mol. The van der Waals surface area contributed by atoms with Gasteiger partial charge >= 0.3 is 0 Å². The van der Waals surface area contributed by atoms with Gasteiger partial charge in [0.15, 0.2) is 0 Å². The molecule has 3 nitrogen and oxygen atoms in total. The highest BCUT2D eigenvalue weighted by Gasteiger charge is 2.29. The zero-order valence-corrected chi connectivity index (χ0v) is 11.8. The average Bonchev–Trinajstić information content (AvgIpc) is 2.70. The minimum absolute atomic E-state index is 0. The topological polar surface area (TPSA) is 32.3 Å². The number of carbonyl (C=O) groups excluding carboxylic acids is 1. The van der Waals surface area contributed by atoms with Crippen LogP contribution in [0.1, 0.15) is 46.0 Å². The van der Waals surface area contributed by atoms with E-state index in [0.29, 0.717) is 23.8 Å². The van der Waals surface area contributed by atoms with Crippen molar-refractivity contribution in [3.63, 3.8) is 0 Å². The Bertz CT molecular complexity index is 252. The molecule has 0 radical (unpaired) electrons. The summed E-state index contributed by atoms with van der Waals surface area (Å²) in [5.41, 5.74) is 0.433. The van der Waals surface area contributed by atoms with Gasteiger partial charge in [-0.3, -0.25) is 4.79 Å². The molecule has 0 aromatic carbocycles. The van der Waals surface area contributed by atoms with Crippen molar-refractivity contribution < 1.29 is 4.79 Å². The van der Waals surface area contributed by atoms with Gasteiger partial charge in [0, 0.05) is 25.6 Å². The van der Waals surface area contributed by atoms with Crippen molar-refractivity contribution in [3.8, 4) is 0 Å². The summed E-state index contributed by atoms with van der Waals surface area (Å²) in [6.07, 6.45) is 5.41. The van der Waals surface area contributed by atoms with Crippen LogP contribution in [0.5, 0.6) is 0 Å². The van der Waals surface area contributed by atoms with E-state index in [0.717, 1.165) is 32.5 Å². The molecule has 2 saturated heterocycles. The number of piperidine rings is 1. The molecule has 2 aliphatic rings. The fraction of sp³-hybridized carbons (Fsp3) is 0.923. The van der Waals surface area contributed by atoms with Crippen molar-refractivity contribution in [1.82, 2.24) is 10.2 Å². The quantitative estimate of drug-likeness (QED) is 0.826. The molecular weight excluding hydrogens is 236 g/mol. The molecule has 1 unspecified atom stereocenters. The Balaban J connectivity index is 0.00000144. The summed E-state index contributed by atoms with van der Waals surface area (Å²) in [6, 6.07) is 0.447. The van der Waals surface area contributed by atoms with Crippen molar-refractivity contribution in [2.24, 2.45) is 5.41 Å². The predicted molar refractivity (Wildman–Crippen MR) is 72.5 cm³/mol. The van der Waals surface area contributed by atoms with E-state index in [2.05, 4.69) is 24.1 Å². The Labute approximate surface area is 111 Å². The molecule has 0 aliphatic carbocycles. The summed E-state index contributed by atoms with van der Waals surface area (Å²) in [6.45, 7) is 7.60.